The molecule has 0 radical (unpaired) electrons. The number of aliphatic imine (C=N–C) groups is 1. The molecule has 0 bridgehead atoms. The van der Waals surface area contributed by atoms with E-state index in [-0.39, 0.29) is 13.2 Å². The van der Waals surface area contributed by atoms with E-state index < -0.39 is 0 Å². The van der Waals surface area contributed by atoms with Gasteiger partial charge >= 0.3 is 0 Å². The van der Waals surface area contributed by atoms with Crippen molar-refractivity contribution in [1.29, 1.82) is 0 Å². The van der Waals surface area contributed by atoms with Crippen molar-refractivity contribution in [3.63, 3.8) is 0 Å². The molecule has 5 nitrogen and oxygen atoms in total. The van der Waals surface area contributed by atoms with E-state index in [2.05, 4.69) is 9.98 Å². The van der Waals surface area contributed by atoms with Crippen molar-refractivity contribution in [2.75, 3.05) is 13.2 Å². The maximum absolute atomic E-state index is 9.31. The number of fused-ring (bicyclic) bond motifs is 1. The molecule has 0 aliphatic carbocycles. The van der Waals surface area contributed by atoms with Gasteiger partial charge in [0.1, 0.15) is 17.9 Å². The van der Waals surface area contributed by atoms with Crippen molar-refractivity contribution >= 4 is 30.4 Å². The first-order chi connectivity index (χ1) is 12.8. The second-order valence-corrected chi connectivity index (χ2v) is 5.59. The van der Waals surface area contributed by atoms with Crippen LogP contribution in [0.5, 0.6) is 5.75 Å². The molecule has 0 saturated carbocycles. The van der Waals surface area contributed by atoms with E-state index in [1.54, 1.807) is 24.3 Å². The normalized spacial score (nSPS) is 13.0. The van der Waals surface area contributed by atoms with Gasteiger partial charge in [0.25, 0.3) is 7.48 Å². The van der Waals surface area contributed by atoms with Crippen molar-refractivity contribution in [2.45, 2.75) is 0 Å². The molecule has 2 heterocycles. The highest BCUT2D eigenvalue weighted by atomic mass is 16.5. The first kappa shape index (κ1) is 17.7. The number of phenols is 1. The van der Waals surface area contributed by atoms with Gasteiger partial charge in [-0.15, -0.1) is 0 Å². The third kappa shape index (κ3) is 4.49. The molecule has 0 fully saturated rings. The summed E-state index contributed by atoms with van der Waals surface area (Å²) >= 11 is 0. The number of aromatic nitrogens is 1. The lowest BCUT2D eigenvalue weighted by Gasteiger charge is -2.01. The van der Waals surface area contributed by atoms with Crippen LogP contribution in [0, 0.1) is 0 Å². The average molecular weight is 346 g/mol. The average Bonchev–Trinajstić information content (AvgIpc) is 3.23. The molecular weight excluding hydrogens is 327 g/mol. The summed E-state index contributed by atoms with van der Waals surface area (Å²) in [6.45, 7) is 1.43. The van der Waals surface area contributed by atoms with Crippen LogP contribution in [0.3, 0.4) is 0 Å². The highest BCUT2D eigenvalue weighted by Gasteiger charge is 2.08. The zero-order chi connectivity index (χ0) is 18.2. The van der Waals surface area contributed by atoms with Crippen LogP contribution in [0.15, 0.2) is 71.8 Å². The quantitative estimate of drug-likeness (QED) is 0.715. The Balaban J connectivity index is 0.000000158. The summed E-state index contributed by atoms with van der Waals surface area (Å²) in [5, 5.41) is 18.9. The SMILES string of the molecule is OBC=Cc1ccc(C2=NCCO2)cc1.Oc1cccc2cccnc12. The predicted octanol–water partition coefficient (Wildman–Crippen LogP) is 2.72. The number of nitrogens with zero attached hydrogens (tertiary/aromatic N) is 2. The largest absolute Gasteiger partial charge is 0.506 e. The van der Waals surface area contributed by atoms with Crippen LogP contribution in [0.1, 0.15) is 11.1 Å². The van der Waals surface area contributed by atoms with Gasteiger partial charge in [-0.25, -0.2) is 4.99 Å². The molecule has 1 aromatic heterocycles. The Morgan fingerprint density at radius 1 is 1.04 bits per heavy atom. The van der Waals surface area contributed by atoms with Gasteiger partial charge in [0.15, 0.2) is 0 Å². The Bertz CT molecular complexity index is 918. The van der Waals surface area contributed by atoms with Gasteiger partial charge in [-0.2, -0.15) is 0 Å². The predicted molar refractivity (Wildman–Crippen MR) is 106 cm³/mol. The highest BCUT2D eigenvalue weighted by Crippen LogP contribution is 2.20. The van der Waals surface area contributed by atoms with E-state index >= 15 is 0 Å². The van der Waals surface area contributed by atoms with Crippen molar-refractivity contribution < 1.29 is 14.9 Å². The van der Waals surface area contributed by atoms with E-state index in [0.29, 0.717) is 12.1 Å². The van der Waals surface area contributed by atoms with Crippen molar-refractivity contribution in [1.82, 2.24) is 4.98 Å². The minimum Gasteiger partial charge on any atom is -0.506 e. The smallest absolute Gasteiger partial charge is 0.297 e. The van der Waals surface area contributed by atoms with E-state index in [1.165, 1.54) is 0 Å². The monoisotopic (exact) mass is 346 g/mol. The number of aromatic hydroxyl groups is 1. The molecule has 0 spiro atoms. The van der Waals surface area contributed by atoms with Gasteiger partial charge in [-0.1, -0.05) is 42.4 Å². The van der Waals surface area contributed by atoms with Crippen molar-refractivity contribution in [3.8, 4) is 5.75 Å². The summed E-state index contributed by atoms with van der Waals surface area (Å²) < 4.78 is 5.35. The van der Waals surface area contributed by atoms with Gasteiger partial charge in [0.2, 0.25) is 5.90 Å². The second-order valence-electron chi connectivity index (χ2n) is 5.59. The van der Waals surface area contributed by atoms with Gasteiger partial charge in [0.05, 0.1) is 6.54 Å². The molecule has 2 N–H and O–H groups in total. The number of pyridine rings is 1. The van der Waals surface area contributed by atoms with Gasteiger partial charge in [-0.3, -0.25) is 4.98 Å². The summed E-state index contributed by atoms with van der Waals surface area (Å²) in [5.41, 5.74) is 2.73. The molecule has 0 atom stereocenters. The second kappa shape index (κ2) is 8.83. The summed E-state index contributed by atoms with van der Waals surface area (Å²) in [7, 11) is 0.0670. The third-order valence-corrected chi connectivity index (χ3v) is 3.77. The fourth-order valence-electron chi connectivity index (χ4n) is 2.52. The maximum atomic E-state index is 9.31. The Hall–Kier alpha value is -3.12. The molecule has 4 rings (SSSR count). The summed E-state index contributed by atoms with van der Waals surface area (Å²) in [6.07, 6.45) is 3.54. The lowest BCUT2D eigenvalue weighted by molar-refractivity contribution is 0.348. The lowest BCUT2D eigenvalue weighted by atomic mass is 10.00. The Morgan fingerprint density at radius 2 is 1.85 bits per heavy atom. The van der Waals surface area contributed by atoms with Gasteiger partial charge in [-0.05, 0) is 29.8 Å². The fourth-order valence-corrected chi connectivity index (χ4v) is 2.52. The number of hydrogen-bond donors (Lipinski definition) is 2. The van der Waals surface area contributed by atoms with Crippen molar-refractivity contribution in [2.24, 2.45) is 4.99 Å². The van der Waals surface area contributed by atoms with Crippen molar-refractivity contribution in [3.05, 3.63) is 77.9 Å². The molecule has 2 aromatic carbocycles. The Morgan fingerprint density at radius 3 is 2.54 bits per heavy atom. The number of phenolic OH excluding ortho intramolecular Hbond substituents is 1. The molecule has 1 aliphatic heterocycles. The minimum atomic E-state index is 0.0670. The Kier molecular flexibility index (Phi) is 6.01. The summed E-state index contributed by atoms with van der Waals surface area (Å²) in [5.74, 6) is 2.68. The Labute approximate surface area is 152 Å². The van der Waals surface area contributed by atoms with E-state index in [4.69, 9.17) is 9.76 Å². The molecule has 6 heteroatoms. The zero-order valence-corrected chi connectivity index (χ0v) is 14.2. The summed E-state index contributed by atoms with van der Waals surface area (Å²) in [6, 6.07) is 17.0. The zero-order valence-electron chi connectivity index (χ0n) is 14.2. The molecule has 1 aliphatic rings. The number of benzene rings is 2. The molecule has 0 saturated heterocycles. The minimum absolute atomic E-state index is 0.0670. The van der Waals surface area contributed by atoms with E-state index in [0.717, 1.165) is 29.0 Å². The molecule has 3 aromatic rings. The number of para-hydroxylation sites is 1. The van der Waals surface area contributed by atoms with Crippen LogP contribution in [0.4, 0.5) is 0 Å². The number of hydrogen-bond acceptors (Lipinski definition) is 5. The molecule has 26 heavy (non-hydrogen) atoms. The van der Waals surface area contributed by atoms with Crippen LogP contribution in [0.25, 0.3) is 17.0 Å². The molecular formula is C20H19BN2O3. The molecule has 0 unspecified atom stereocenters. The first-order valence-corrected chi connectivity index (χ1v) is 8.36. The van der Waals surface area contributed by atoms with Gasteiger partial charge < -0.3 is 14.9 Å². The van der Waals surface area contributed by atoms with E-state index in [1.807, 2.05) is 48.5 Å². The standard InChI is InChI=1S/C11H12BNO2.C9H7NO/c14-12-6-5-9-1-3-10(4-2-9)11-13-7-8-15-11;11-8-5-1-3-7-4-2-6-10-9(7)8/h1-6,12,14H,7-8H2;1-6,11H. The first-order valence-electron chi connectivity index (χ1n) is 8.36. The van der Waals surface area contributed by atoms with Gasteiger partial charge in [0, 0.05) is 17.1 Å². The van der Waals surface area contributed by atoms with Crippen LogP contribution in [0.2, 0.25) is 0 Å². The maximum Gasteiger partial charge on any atom is 0.297 e. The molecule has 0 amide bonds. The summed E-state index contributed by atoms with van der Waals surface area (Å²) in [4.78, 5) is 8.26. The highest BCUT2D eigenvalue weighted by molar-refractivity contribution is 6.34. The molecule has 130 valence electrons. The topological polar surface area (TPSA) is 74.9 Å². The number of ether oxygens (including phenoxy) is 1. The van der Waals surface area contributed by atoms with Crippen LogP contribution >= 0.6 is 0 Å². The lowest BCUT2D eigenvalue weighted by Crippen LogP contribution is -2.00. The van der Waals surface area contributed by atoms with Crippen LogP contribution in [-0.4, -0.2) is 41.6 Å². The van der Waals surface area contributed by atoms with E-state index in [9.17, 15) is 5.11 Å². The number of rotatable bonds is 3. The van der Waals surface area contributed by atoms with Crippen LogP contribution < -0.4 is 0 Å². The van der Waals surface area contributed by atoms with Crippen LogP contribution in [-0.2, 0) is 4.74 Å². The third-order valence-electron chi connectivity index (χ3n) is 3.77. The fraction of sp³-hybridized carbons (Fsp3) is 0.100.